The Morgan fingerprint density at radius 3 is 2.77 bits per heavy atom. The number of aliphatic imine (C=N–C) groups is 1. The zero-order chi connectivity index (χ0) is 15.6. The fourth-order valence-electron chi connectivity index (χ4n) is 1.81. The van der Waals surface area contributed by atoms with Gasteiger partial charge in [0.25, 0.3) is 0 Å². The van der Waals surface area contributed by atoms with E-state index in [1.54, 1.807) is 4.68 Å². The summed E-state index contributed by atoms with van der Waals surface area (Å²) >= 11 is 0. The van der Waals surface area contributed by atoms with Gasteiger partial charge in [-0.05, 0) is 19.1 Å². The van der Waals surface area contributed by atoms with Gasteiger partial charge in [-0.25, -0.2) is 9.98 Å². The minimum Gasteiger partial charge on any atom is -0.492 e. The van der Waals surface area contributed by atoms with E-state index >= 15 is 0 Å². The van der Waals surface area contributed by atoms with Gasteiger partial charge < -0.3 is 15.4 Å². The van der Waals surface area contributed by atoms with Crippen molar-refractivity contribution in [3.05, 3.63) is 42.5 Å². The van der Waals surface area contributed by atoms with Crippen LogP contribution < -0.4 is 15.4 Å². The molecule has 0 saturated heterocycles. The summed E-state index contributed by atoms with van der Waals surface area (Å²) < 4.78 is 7.35. The third kappa shape index (κ3) is 5.08. The van der Waals surface area contributed by atoms with Crippen LogP contribution in [0, 0.1) is 0 Å². The van der Waals surface area contributed by atoms with Gasteiger partial charge in [0, 0.05) is 13.6 Å². The highest BCUT2D eigenvalue weighted by Crippen LogP contribution is 2.07. The number of hydrogen-bond donors (Lipinski definition) is 2. The van der Waals surface area contributed by atoms with Crippen LogP contribution in [0.15, 0.2) is 41.7 Å². The molecule has 0 aliphatic rings. The Kier molecular flexibility index (Phi) is 6.22. The van der Waals surface area contributed by atoms with Crippen molar-refractivity contribution in [2.75, 3.05) is 19.7 Å². The molecule has 2 aromatic rings. The lowest BCUT2D eigenvalue weighted by Gasteiger charge is -2.12. The molecule has 1 heterocycles. The SMILES string of the molecule is CCNC(=NCc1ncnn1C)NCCOc1ccccc1. The summed E-state index contributed by atoms with van der Waals surface area (Å²) in [5.74, 6) is 2.42. The summed E-state index contributed by atoms with van der Waals surface area (Å²) in [6, 6.07) is 9.75. The van der Waals surface area contributed by atoms with Crippen molar-refractivity contribution in [1.29, 1.82) is 0 Å². The lowest BCUT2D eigenvalue weighted by Crippen LogP contribution is -2.39. The van der Waals surface area contributed by atoms with Crippen LogP contribution >= 0.6 is 0 Å². The van der Waals surface area contributed by atoms with E-state index in [9.17, 15) is 0 Å². The fourth-order valence-corrected chi connectivity index (χ4v) is 1.81. The molecule has 0 aliphatic heterocycles. The van der Waals surface area contributed by atoms with Crippen LogP contribution in [0.25, 0.3) is 0 Å². The Labute approximate surface area is 130 Å². The van der Waals surface area contributed by atoms with Crippen molar-refractivity contribution in [3.63, 3.8) is 0 Å². The highest BCUT2D eigenvalue weighted by atomic mass is 16.5. The van der Waals surface area contributed by atoms with Crippen LogP contribution in [-0.4, -0.2) is 40.4 Å². The van der Waals surface area contributed by atoms with E-state index in [1.165, 1.54) is 6.33 Å². The number of para-hydroxylation sites is 1. The summed E-state index contributed by atoms with van der Waals surface area (Å²) in [4.78, 5) is 8.63. The number of rotatable bonds is 7. The van der Waals surface area contributed by atoms with Crippen LogP contribution in [0.1, 0.15) is 12.7 Å². The Balaban J connectivity index is 1.77. The van der Waals surface area contributed by atoms with Gasteiger partial charge in [0.05, 0.1) is 6.54 Å². The quantitative estimate of drug-likeness (QED) is 0.452. The maximum absolute atomic E-state index is 5.63. The number of ether oxygens (including phenoxy) is 1. The molecule has 0 unspecified atom stereocenters. The van der Waals surface area contributed by atoms with Crippen molar-refractivity contribution < 1.29 is 4.74 Å². The maximum atomic E-state index is 5.63. The highest BCUT2D eigenvalue weighted by molar-refractivity contribution is 5.79. The summed E-state index contributed by atoms with van der Waals surface area (Å²) in [7, 11) is 1.85. The second kappa shape index (κ2) is 8.66. The van der Waals surface area contributed by atoms with Crippen LogP contribution in [0.2, 0.25) is 0 Å². The number of hydrogen-bond acceptors (Lipinski definition) is 4. The normalized spacial score (nSPS) is 11.3. The lowest BCUT2D eigenvalue weighted by molar-refractivity contribution is 0.322. The third-order valence-electron chi connectivity index (χ3n) is 2.93. The second-order valence-electron chi connectivity index (χ2n) is 4.58. The van der Waals surface area contributed by atoms with Crippen molar-refractivity contribution >= 4 is 5.96 Å². The molecule has 0 bridgehead atoms. The number of guanidine groups is 1. The average Bonchev–Trinajstić information content (AvgIpc) is 2.95. The molecule has 0 saturated carbocycles. The van der Waals surface area contributed by atoms with Gasteiger partial charge in [-0.2, -0.15) is 5.10 Å². The van der Waals surface area contributed by atoms with Gasteiger partial charge in [-0.1, -0.05) is 18.2 Å². The largest absolute Gasteiger partial charge is 0.492 e. The molecule has 1 aromatic heterocycles. The molecule has 0 atom stereocenters. The van der Waals surface area contributed by atoms with Gasteiger partial charge in [-0.3, -0.25) is 4.68 Å². The predicted molar refractivity (Wildman–Crippen MR) is 85.8 cm³/mol. The number of aryl methyl sites for hydroxylation is 1. The van der Waals surface area contributed by atoms with Gasteiger partial charge in [0.1, 0.15) is 31.1 Å². The highest BCUT2D eigenvalue weighted by Gasteiger charge is 2.01. The summed E-state index contributed by atoms with van der Waals surface area (Å²) in [5, 5.41) is 10.4. The first-order chi connectivity index (χ1) is 10.8. The minimum absolute atomic E-state index is 0.478. The Hall–Kier alpha value is -2.57. The molecular weight excluding hydrogens is 280 g/mol. The Morgan fingerprint density at radius 2 is 2.09 bits per heavy atom. The first-order valence-corrected chi connectivity index (χ1v) is 7.32. The third-order valence-corrected chi connectivity index (χ3v) is 2.93. The van der Waals surface area contributed by atoms with E-state index in [4.69, 9.17) is 4.74 Å². The Morgan fingerprint density at radius 1 is 1.27 bits per heavy atom. The first-order valence-electron chi connectivity index (χ1n) is 7.32. The molecular formula is C15H22N6O. The van der Waals surface area contributed by atoms with Gasteiger partial charge in [0.2, 0.25) is 0 Å². The number of aromatic nitrogens is 3. The molecule has 0 aliphatic carbocycles. The van der Waals surface area contributed by atoms with E-state index in [0.29, 0.717) is 19.7 Å². The first kappa shape index (κ1) is 15.8. The minimum atomic E-state index is 0.478. The van der Waals surface area contributed by atoms with E-state index in [1.807, 2.05) is 44.3 Å². The molecule has 1 aromatic carbocycles. The summed E-state index contributed by atoms with van der Waals surface area (Å²) in [6.45, 7) is 4.54. The summed E-state index contributed by atoms with van der Waals surface area (Å²) in [5.41, 5.74) is 0. The molecule has 0 radical (unpaired) electrons. The molecule has 0 amide bonds. The van der Waals surface area contributed by atoms with Gasteiger partial charge in [0.15, 0.2) is 5.96 Å². The number of nitrogens with zero attached hydrogens (tertiary/aromatic N) is 4. The van der Waals surface area contributed by atoms with E-state index in [0.717, 1.165) is 24.1 Å². The molecule has 7 heteroatoms. The standard InChI is InChI=1S/C15H22N6O/c1-3-16-15(18-11-14-19-12-20-21(14)2)17-9-10-22-13-7-5-4-6-8-13/h4-8,12H,3,9-11H2,1-2H3,(H2,16,17,18). The molecule has 0 fully saturated rings. The van der Waals surface area contributed by atoms with Gasteiger partial charge >= 0.3 is 0 Å². The molecule has 2 N–H and O–H groups in total. The number of benzene rings is 1. The van der Waals surface area contributed by atoms with E-state index in [2.05, 4.69) is 25.7 Å². The predicted octanol–water partition coefficient (Wildman–Crippen LogP) is 0.949. The fraction of sp³-hybridized carbons (Fsp3) is 0.400. The zero-order valence-corrected chi connectivity index (χ0v) is 13.0. The topological polar surface area (TPSA) is 76.4 Å². The second-order valence-corrected chi connectivity index (χ2v) is 4.58. The number of nitrogens with one attached hydrogen (secondary N) is 2. The van der Waals surface area contributed by atoms with Crippen molar-refractivity contribution in [2.24, 2.45) is 12.0 Å². The van der Waals surface area contributed by atoms with Crippen molar-refractivity contribution in [1.82, 2.24) is 25.4 Å². The Bertz CT molecular complexity index is 581. The van der Waals surface area contributed by atoms with E-state index < -0.39 is 0 Å². The van der Waals surface area contributed by atoms with Crippen LogP contribution in [0.5, 0.6) is 5.75 Å². The van der Waals surface area contributed by atoms with Crippen LogP contribution in [0.4, 0.5) is 0 Å². The summed E-state index contributed by atoms with van der Waals surface area (Å²) in [6.07, 6.45) is 1.53. The molecule has 118 valence electrons. The van der Waals surface area contributed by atoms with Crippen LogP contribution in [0.3, 0.4) is 0 Å². The zero-order valence-electron chi connectivity index (χ0n) is 13.0. The molecule has 22 heavy (non-hydrogen) atoms. The average molecular weight is 302 g/mol. The van der Waals surface area contributed by atoms with Crippen LogP contribution in [-0.2, 0) is 13.6 Å². The molecule has 7 nitrogen and oxygen atoms in total. The smallest absolute Gasteiger partial charge is 0.191 e. The van der Waals surface area contributed by atoms with Crippen molar-refractivity contribution in [3.8, 4) is 5.75 Å². The van der Waals surface area contributed by atoms with E-state index in [-0.39, 0.29) is 0 Å². The lowest BCUT2D eigenvalue weighted by atomic mass is 10.3. The maximum Gasteiger partial charge on any atom is 0.191 e. The molecule has 0 spiro atoms. The van der Waals surface area contributed by atoms with Crippen molar-refractivity contribution in [2.45, 2.75) is 13.5 Å². The van der Waals surface area contributed by atoms with Gasteiger partial charge in [-0.15, -0.1) is 0 Å². The molecule has 2 rings (SSSR count). The monoisotopic (exact) mass is 302 g/mol.